The van der Waals surface area contributed by atoms with Crippen LogP contribution in [-0.4, -0.2) is 38.7 Å². The number of fused-ring (bicyclic) bond motifs is 1. The van der Waals surface area contributed by atoms with E-state index in [1.807, 2.05) is 0 Å². The molecule has 7 nitrogen and oxygen atoms in total. The van der Waals surface area contributed by atoms with Gasteiger partial charge in [0, 0.05) is 32.6 Å². The molecule has 1 atom stereocenters. The number of nitrogens with one attached hydrogen (secondary N) is 1. The average molecular weight is 436 g/mol. The van der Waals surface area contributed by atoms with Gasteiger partial charge in [0.2, 0.25) is 0 Å². The summed E-state index contributed by atoms with van der Waals surface area (Å²) >= 11 is 0. The minimum absolute atomic E-state index is 0.158. The summed E-state index contributed by atoms with van der Waals surface area (Å²) in [5, 5.41) is 12.1. The molecule has 1 amide bonds. The van der Waals surface area contributed by atoms with Crippen LogP contribution in [0.3, 0.4) is 0 Å². The van der Waals surface area contributed by atoms with E-state index in [1.54, 1.807) is 6.07 Å². The maximum absolute atomic E-state index is 12.6. The van der Waals surface area contributed by atoms with Gasteiger partial charge in [0.05, 0.1) is 17.9 Å². The van der Waals surface area contributed by atoms with Gasteiger partial charge in [-0.25, -0.2) is 0 Å². The Labute approximate surface area is 189 Å². The van der Waals surface area contributed by atoms with Gasteiger partial charge in [0.25, 0.3) is 5.91 Å². The van der Waals surface area contributed by atoms with E-state index in [4.69, 9.17) is 4.42 Å². The molecular weight excluding hydrogens is 402 g/mol. The number of nitrogens with zero attached hydrogens (tertiary/aromatic N) is 4. The maximum atomic E-state index is 12.6. The lowest BCUT2D eigenvalue weighted by Crippen LogP contribution is -2.34. The van der Waals surface area contributed by atoms with Crippen LogP contribution in [-0.2, 0) is 19.5 Å². The Bertz CT molecular complexity index is 1020. The first-order valence-corrected chi connectivity index (χ1v) is 11.5. The highest BCUT2D eigenvalue weighted by molar-refractivity contribution is 5.94. The monoisotopic (exact) mass is 435 g/mol. The van der Waals surface area contributed by atoms with Gasteiger partial charge >= 0.3 is 0 Å². The van der Waals surface area contributed by atoms with E-state index in [9.17, 15) is 4.79 Å². The third-order valence-electron chi connectivity index (χ3n) is 6.21. The molecule has 7 heteroatoms. The molecule has 0 saturated heterocycles. The molecule has 0 spiro atoms. The van der Waals surface area contributed by atoms with Crippen LogP contribution in [0.5, 0.6) is 0 Å². The van der Waals surface area contributed by atoms with Crippen molar-refractivity contribution in [1.82, 2.24) is 25.0 Å². The Morgan fingerprint density at radius 1 is 1.06 bits per heavy atom. The lowest BCUT2D eigenvalue weighted by Gasteiger charge is -2.23. The van der Waals surface area contributed by atoms with Crippen LogP contribution in [0.4, 0.5) is 0 Å². The second-order valence-corrected chi connectivity index (χ2v) is 9.26. The Balaban J connectivity index is 1.45. The van der Waals surface area contributed by atoms with E-state index in [1.165, 1.54) is 23.7 Å². The van der Waals surface area contributed by atoms with Gasteiger partial charge in [-0.2, -0.15) is 0 Å². The van der Waals surface area contributed by atoms with Crippen molar-refractivity contribution >= 4 is 5.91 Å². The van der Waals surface area contributed by atoms with Crippen molar-refractivity contribution < 1.29 is 9.21 Å². The molecule has 0 radical (unpaired) electrons. The molecule has 2 aromatic heterocycles. The summed E-state index contributed by atoms with van der Waals surface area (Å²) in [7, 11) is 0. The zero-order valence-electron chi connectivity index (χ0n) is 19.4. The van der Waals surface area contributed by atoms with Crippen LogP contribution in [0.25, 0.3) is 0 Å². The Morgan fingerprint density at radius 2 is 1.84 bits per heavy atom. The second-order valence-electron chi connectivity index (χ2n) is 9.26. The molecule has 0 fully saturated rings. The number of carbonyl (C=O) groups excluding carboxylic acids is 1. The van der Waals surface area contributed by atoms with Gasteiger partial charge in [0.1, 0.15) is 12.1 Å². The number of carbonyl (C=O) groups is 1. The van der Waals surface area contributed by atoms with Crippen LogP contribution in [0.15, 0.2) is 47.3 Å². The lowest BCUT2D eigenvalue weighted by molar-refractivity contribution is 0.0921. The fraction of sp³-hybridized carbons (Fsp3) is 0.480. The zero-order valence-corrected chi connectivity index (χ0v) is 19.4. The normalized spacial score (nSPS) is 15.6. The van der Waals surface area contributed by atoms with Crippen molar-refractivity contribution in [2.24, 2.45) is 5.92 Å². The predicted octanol–water partition coefficient (Wildman–Crippen LogP) is 4.18. The van der Waals surface area contributed by atoms with E-state index in [0.29, 0.717) is 11.5 Å². The van der Waals surface area contributed by atoms with Crippen LogP contribution in [0.2, 0.25) is 0 Å². The summed E-state index contributed by atoms with van der Waals surface area (Å²) < 4.78 is 7.25. The highest BCUT2D eigenvalue weighted by atomic mass is 16.3. The summed E-state index contributed by atoms with van der Waals surface area (Å²) in [4.78, 5) is 15.1. The number of benzene rings is 1. The predicted molar refractivity (Wildman–Crippen MR) is 123 cm³/mol. The fourth-order valence-corrected chi connectivity index (χ4v) is 4.19. The number of rotatable bonds is 7. The highest BCUT2D eigenvalue weighted by Gasteiger charge is 2.28. The number of amides is 1. The number of hydrogen-bond acceptors (Lipinski definition) is 5. The van der Waals surface area contributed by atoms with Crippen LogP contribution < -0.4 is 5.32 Å². The quantitative estimate of drug-likeness (QED) is 0.602. The van der Waals surface area contributed by atoms with Gasteiger partial charge in [-0.05, 0) is 29.0 Å². The van der Waals surface area contributed by atoms with Gasteiger partial charge in [-0.1, -0.05) is 52.0 Å². The Morgan fingerprint density at radius 3 is 2.50 bits per heavy atom. The first-order chi connectivity index (χ1) is 15.4. The third kappa shape index (κ3) is 4.93. The smallest absolute Gasteiger partial charge is 0.255 e. The first kappa shape index (κ1) is 22.3. The highest BCUT2D eigenvalue weighted by Crippen LogP contribution is 2.24. The topological polar surface area (TPSA) is 76.2 Å². The zero-order chi connectivity index (χ0) is 22.7. The molecule has 3 heterocycles. The van der Waals surface area contributed by atoms with Crippen molar-refractivity contribution in [1.29, 1.82) is 0 Å². The van der Waals surface area contributed by atoms with Crippen molar-refractivity contribution in [3.8, 4) is 0 Å². The molecule has 1 N–H and O–H groups in total. The summed E-state index contributed by atoms with van der Waals surface area (Å²) in [6.07, 6.45) is 3.81. The van der Waals surface area contributed by atoms with E-state index in [-0.39, 0.29) is 17.9 Å². The van der Waals surface area contributed by atoms with E-state index in [0.717, 1.165) is 44.2 Å². The van der Waals surface area contributed by atoms with Crippen molar-refractivity contribution in [2.75, 3.05) is 13.1 Å². The van der Waals surface area contributed by atoms with Crippen molar-refractivity contribution in [3.05, 3.63) is 71.2 Å². The molecule has 1 aromatic carbocycles. The molecule has 1 unspecified atom stereocenters. The lowest BCUT2D eigenvalue weighted by atomic mass is 10.0. The second kappa shape index (κ2) is 9.69. The summed E-state index contributed by atoms with van der Waals surface area (Å²) in [5.74, 6) is 2.39. The number of furan rings is 1. The van der Waals surface area contributed by atoms with Crippen LogP contribution in [0.1, 0.15) is 72.8 Å². The average Bonchev–Trinajstić information content (AvgIpc) is 3.40. The van der Waals surface area contributed by atoms with Crippen LogP contribution in [0, 0.1) is 5.92 Å². The van der Waals surface area contributed by atoms with Gasteiger partial charge < -0.3 is 14.3 Å². The Kier molecular flexibility index (Phi) is 6.74. The molecule has 0 saturated carbocycles. The van der Waals surface area contributed by atoms with Crippen LogP contribution >= 0.6 is 0 Å². The first-order valence-electron chi connectivity index (χ1n) is 11.5. The molecule has 0 aliphatic carbocycles. The van der Waals surface area contributed by atoms with Gasteiger partial charge in [-0.15, -0.1) is 10.2 Å². The van der Waals surface area contributed by atoms with Crippen molar-refractivity contribution in [3.63, 3.8) is 0 Å². The Hall–Kier alpha value is -2.93. The molecular formula is C25H33N5O2. The van der Waals surface area contributed by atoms with Crippen molar-refractivity contribution in [2.45, 2.75) is 59.2 Å². The number of hydrogen-bond donors (Lipinski definition) is 1. The molecule has 1 aliphatic rings. The minimum Gasteiger partial charge on any atom is -0.472 e. The molecule has 170 valence electrons. The molecule has 0 bridgehead atoms. The van der Waals surface area contributed by atoms with E-state index < -0.39 is 0 Å². The minimum atomic E-state index is -0.214. The SMILES string of the molecule is CC(C)c1ccc(CN2CCc3nnc(C(NC(=O)c4ccoc4)C(C)C)n3CC2)cc1. The van der Waals surface area contributed by atoms with Gasteiger partial charge in [0.15, 0.2) is 5.82 Å². The van der Waals surface area contributed by atoms with E-state index >= 15 is 0 Å². The molecule has 32 heavy (non-hydrogen) atoms. The third-order valence-corrected chi connectivity index (χ3v) is 6.21. The fourth-order valence-electron chi connectivity index (χ4n) is 4.19. The number of aromatic nitrogens is 3. The molecule has 4 rings (SSSR count). The summed E-state index contributed by atoms with van der Waals surface area (Å²) in [5.41, 5.74) is 3.22. The standard InChI is InChI=1S/C25H33N5O2/c1-17(2)20-7-5-19(6-8-20)15-29-11-9-22-27-28-24(30(22)13-12-29)23(18(3)4)26-25(31)21-10-14-32-16-21/h5-8,10,14,16-18,23H,9,11-13,15H2,1-4H3,(H,26,31). The van der Waals surface area contributed by atoms with Gasteiger partial charge in [-0.3, -0.25) is 9.69 Å². The molecule has 1 aliphatic heterocycles. The van der Waals surface area contributed by atoms with E-state index in [2.05, 4.69) is 76.9 Å². The molecule has 3 aromatic rings. The summed E-state index contributed by atoms with van der Waals surface area (Å²) in [6, 6.07) is 10.4. The summed E-state index contributed by atoms with van der Waals surface area (Å²) in [6.45, 7) is 12.2. The largest absolute Gasteiger partial charge is 0.472 e. The maximum Gasteiger partial charge on any atom is 0.255 e.